The number of aliphatic hydroxyl groups excluding tert-OH is 1. The van der Waals surface area contributed by atoms with Crippen molar-refractivity contribution in [2.75, 3.05) is 6.61 Å². The van der Waals surface area contributed by atoms with Crippen LogP contribution < -0.4 is 17.2 Å². The summed E-state index contributed by atoms with van der Waals surface area (Å²) in [4.78, 5) is 46.0. The van der Waals surface area contributed by atoms with Gasteiger partial charge in [-0.05, 0) is 0 Å². The number of hydrogen-bond donors (Lipinski definition) is 9. The van der Waals surface area contributed by atoms with Crippen molar-refractivity contribution in [1.82, 2.24) is 9.97 Å². The topological polar surface area (TPSA) is 276 Å². The number of aromatic amines is 1. The molecule has 0 saturated carbocycles. The van der Waals surface area contributed by atoms with Crippen molar-refractivity contribution in [3.63, 3.8) is 0 Å². The SMILES string of the molecule is N[C@@H](CC(=O)O)C(=O)O.N[C@@H](CO)C(=O)O.N[C@@H](Cc1cnc[nH]1)C(=O)O. The van der Waals surface area contributed by atoms with Gasteiger partial charge in [0.1, 0.15) is 18.1 Å². The van der Waals surface area contributed by atoms with Gasteiger partial charge in [0.2, 0.25) is 0 Å². The Morgan fingerprint density at radius 1 is 0.926 bits per heavy atom. The zero-order valence-corrected chi connectivity index (χ0v) is 14.1. The van der Waals surface area contributed by atoms with E-state index in [9.17, 15) is 19.2 Å². The summed E-state index contributed by atoms with van der Waals surface area (Å²) in [5.74, 6) is -4.68. The molecule has 1 aromatic heterocycles. The van der Waals surface area contributed by atoms with E-state index in [1.54, 1.807) is 6.20 Å². The summed E-state index contributed by atoms with van der Waals surface area (Å²) in [5, 5.41) is 40.3. The second kappa shape index (κ2) is 14.1. The molecule has 27 heavy (non-hydrogen) atoms. The quantitative estimate of drug-likeness (QED) is 0.209. The van der Waals surface area contributed by atoms with Crippen LogP contribution in [0.4, 0.5) is 0 Å². The number of hydrogen-bond acceptors (Lipinski definition) is 9. The van der Waals surface area contributed by atoms with Crippen LogP contribution in [0.5, 0.6) is 0 Å². The van der Waals surface area contributed by atoms with Crippen molar-refractivity contribution < 1.29 is 44.7 Å². The molecule has 12 N–H and O–H groups in total. The summed E-state index contributed by atoms with van der Waals surface area (Å²) in [6, 6.07) is -3.27. The zero-order valence-electron chi connectivity index (χ0n) is 14.1. The highest BCUT2D eigenvalue weighted by molar-refractivity contribution is 5.80. The molecule has 1 rings (SSSR count). The first-order valence-corrected chi connectivity index (χ1v) is 7.17. The fourth-order valence-corrected chi connectivity index (χ4v) is 1.07. The lowest BCUT2D eigenvalue weighted by Gasteiger charge is -2.02. The maximum absolute atomic E-state index is 10.3. The van der Waals surface area contributed by atoms with E-state index >= 15 is 0 Å². The minimum Gasteiger partial charge on any atom is -0.481 e. The molecule has 0 bridgehead atoms. The molecule has 0 spiro atoms. The van der Waals surface area contributed by atoms with Crippen molar-refractivity contribution in [3.8, 4) is 0 Å². The Labute approximate surface area is 152 Å². The second-order valence-electron chi connectivity index (χ2n) is 4.90. The summed E-state index contributed by atoms with van der Waals surface area (Å²) >= 11 is 0. The fourth-order valence-electron chi connectivity index (χ4n) is 1.07. The van der Waals surface area contributed by atoms with Gasteiger partial charge in [-0.1, -0.05) is 0 Å². The van der Waals surface area contributed by atoms with Gasteiger partial charge in [0.05, 0.1) is 19.4 Å². The van der Waals surface area contributed by atoms with E-state index in [4.69, 9.17) is 42.7 Å². The van der Waals surface area contributed by atoms with Crippen LogP contribution in [0.1, 0.15) is 12.1 Å². The predicted octanol–water partition coefficient (Wildman–Crippen LogP) is -3.37. The lowest BCUT2D eigenvalue weighted by Crippen LogP contribution is -2.33. The third kappa shape index (κ3) is 14.9. The molecule has 0 aliphatic rings. The summed E-state index contributed by atoms with van der Waals surface area (Å²) in [5.41, 5.74) is 15.6. The predicted molar refractivity (Wildman–Crippen MR) is 88.5 cm³/mol. The van der Waals surface area contributed by atoms with Crippen LogP contribution in [-0.4, -0.2) is 84.1 Å². The second-order valence-corrected chi connectivity index (χ2v) is 4.90. The number of rotatable bonds is 8. The van der Waals surface area contributed by atoms with Crippen LogP contribution in [0.3, 0.4) is 0 Å². The molecular formula is C13H23N5O9. The number of imidazole rings is 1. The Balaban J connectivity index is 0. The van der Waals surface area contributed by atoms with Crippen molar-refractivity contribution in [2.45, 2.75) is 31.0 Å². The molecule has 0 radical (unpaired) electrons. The van der Waals surface area contributed by atoms with Gasteiger partial charge in [-0.15, -0.1) is 0 Å². The Bertz CT molecular complexity index is 593. The molecule has 0 unspecified atom stereocenters. The Morgan fingerprint density at radius 3 is 1.63 bits per heavy atom. The van der Waals surface area contributed by atoms with Gasteiger partial charge < -0.3 is 47.7 Å². The number of aromatic nitrogens is 2. The molecule has 0 aromatic carbocycles. The first-order chi connectivity index (χ1) is 12.4. The fraction of sp³-hybridized carbons (Fsp3) is 0.462. The lowest BCUT2D eigenvalue weighted by atomic mass is 10.2. The van der Waals surface area contributed by atoms with Crippen LogP contribution in [0.25, 0.3) is 0 Å². The smallest absolute Gasteiger partial charge is 0.322 e. The highest BCUT2D eigenvalue weighted by Crippen LogP contribution is 1.95. The first-order valence-electron chi connectivity index (χ1n) is 7.17. The molecule has 0 fully saturated rings. The molecule has 0 aliphatic carbocycles. The third-order valence-electron chi connectivity index (χ3n) is 2.54. The lowest BCUT2D eigenvalue weighted by molar-refractivity contribution is -0.144. The molecule has 0 amide bonds. The van der Waals surface area contributed by atoms with Gasteiger partial charge in [-0.3, -0.25) is 19.2 Å². The summed E-state index contributed by atoms with van der Waals surface area (Å²) in [6.45, 7) is -0.505. The van der Waals surface area contributed by atoms with E-state index in [-0.39, 0.29) is 6.42 Å². The number of aliphatic carboxylic acids is 4. The van der Waals surface area contributed by atoms with E-state index in [2.05, 4.69) is 9.97 Å². The largest absolute Gasteiger partial charge is 0.481 e. The molecule has 14 heteroatoms. The number of carbonyl (C=O) groups is 4. The number of nitrogens with one attached hydrogen (secondary N) is 1. The number of nitrogens with two attached hydrogens (primary N) is 3. The minimum absolute atomic E-state index is 0.287. The first kappa shape index (κ1) is 26.2. The van der Waals surface area contributed by atoms with Crippen molar-refractivity contribution in [1.29, 1.82) is 0 Å². The van der Waals surface area contributed by atoms with E-state index in [1.807, 2.05) is 0 Å². The molecule has 1 heterocycles. The number of H-pyrrole nitrogens is 1. The van der Waals surface area contributed by atoms with E-state index in [0.29, 0.717) is 0 Å². The van der Waals surface area contributed by atoms with Crippen LogP contribution in [0.2, 0.25) is 0 Å². The Morgan fingerprint density at radius 2 is 1.41 bits per heavy atom. The van der Waals surface area contributed by atoms with Crippen molar-refractivity contribution >= 4 is 23.9 Å². The standard InChI is InChI=1S/C6H9N3O2.C4H7NO4.C3H7NO3/c7-5(6(10)11)1-4-2-8-3-9-4;5-2(4(8)9)1-3(6)7;4-2(1-5)3(6)7/h2-3,5H,1,7H2,(H,8,9)(H,10,11);2H,1,5H2,(H,6,7)(H,8,9);2,5H,1,4H2,(H,6,7)/t5-;2*2-/m000/s1. The van der Waals surface area contributed by atoms with Gasteiger partial charge in [0.15, 0.2) is 0 Å². The number of nitrogens with zero attached hydrogens (tertiary/aromatic N) is 1. The summed E-state index contributed by atoms with van der Waals surface area (Å²) < 4.78 is 0. The Hall–Kier alpha value is -3.07. The summed E-state index contributed by atoms with van der Waals surface area (Å²) in [7, 11) is 0. The van der Waals surface area contributed by atoms with Gasteiger partial charge in [-0.2, -0.15) is 0 Å². The van der Waals surface area contributed by atoms with Gasteiger partial charge in [-0.25, -0.2) is 4.98 Å². The van der Waals surface area contributed by atoms with E-state index in [1.165, 1.54) is 6.33 Å². The van der Waals surface area contributed by atoms with Crippen LogP contribution in [0.15, 0.2) is 12.5 Å². The molecule has 3 atom stereocenters. The normalized spacial score (nSPS) is 12.9. The maximum atomic E-state index is 10.3. The number of carboxylic acids is 4. The number of carboxylic acid groups (broad SMARTS) is 4. The van der Waals surface area contributed by atoms with Crippen LogP contribution >= 0.6 is 0 Å². The van der Waals surface area contributed by atoms with Crippen molar-refractivity contribution in [2.24, 2.45) is 17.2 Å². The van der Waals surface area contributed by atoms with Crippen molar-refractivity contribution in [3.05, 3.63) is 18.2 Å². The van der Waals surface area contributed by atoms with Crippen LogP contribution in [-0.2, 0) is 25.6 Å². The third-order valence-corrected chi connectivity index (χ3v) is 2.54. The van der Waals surface area contributed by atoms with Gasteiger partial charge >= 0.3 is 23.9 Å². The monoisotopic (exact) mass is 393 g/mol. The van der Waals surface area contributed by atoms with Gasteiger partial charge in [0.25, 0.3) is 0 Å². The average Bonchev–Trinajstić information content (AvgIpc) is 3.07. The van der Waals surface area contributed by atoms with Gasteiger partial charge in [0, 0.05) is 18.3 Å². The molecule has 1 aromatic rings. The summed E-state index contributed by atoms with van der Waals surface area (Å²) in [6.07, 6.45) is 2.80. The molecular weight excluding hydrogens is 370 g/mol. The van der Waals surface area contributed by atoms with E-state index < -0.39 is 55.0 Å². The molecule has 154 valence electrons. The molecule has 14 nitrogen and oxygen atoms in total. The molecule has 0 saturated heterocycles. The minimum atomic E-state index is -1.29. The van der Waals surface area contributed by atoms with E-state index in [0.717, 1.165) is 5.69 Å². The molecule has 0 aliphatic heterocycles. The maximum Gasteiger partial charge on any atom is 0.322 e. The van der Waals surface area contributed by atoms with Crippen LogP contribution in [0, 0.1) is 0 Å². The highest BCUT2D eigenvalue weighted by atomic mass is 16.4. The average molecular weight is 393 g/mol. The zero-order chi connectivity index (χ0) is 21.6. The highest BCUT2D eigenvalue weighted by Gasteiger charge is 2.14. The number of aliphatic hydroxyl groups is 1. The Kier molecular flexibility index (Phi) is 13.7.